The van der Waals surface area contributed by atoms with Gasteiger partial charge in [0.2, 0.25) is 5.91 Å². The van der Waals surface area contributed by atoms with E-state index in [2.05, 4.69) is 24.5 Å². The van der Waals surface area contributed by atoms with Crippen molar-refractivity contribution in [3.05, 3.63) is 35.5 Å². The Morgan fingerprint density at radius 2 is 2.06 bits per heavy atom. The van der Waals surface area contributed by atoms with Crippen molar-refractivity contribution in [1.29, 1.82) is 5.41 Å². The molecule has 8 nitrogen and oxygen atoms in total. The van der Waals surface area contributed by atoms with Gasteiger partial charge in [-0.05, 0) is 69.0 Å². The summed E-state index contributed by atoms with van der Waals surface area (Å²) >= 11 is 0. The lowest BCUT2D eigenvalue weighted by Crippen LogP contribution is -2.48. The molecule has 4 N–H and O–H groups in total. The van der Waals surface area contributed by atoms with Crippen LogP contribution in [-0.4, -0.2) is 68.9 Å². The number of carboxylic acids is 1. The predicted octanol–water partition coefficient (Wildman–Crippen LogP) is 2.66. The molecular formula is C25H35N5O3. The molecule has 0 bridgehead atoms. The zero-order chi connectivity index (χ0) is 23.7. The minimum Gasteiger partial charge on any atom is -0.480 e. The van der Waals surface area contributed by atoms with E-state index in [1.165, 1.54) is 5.69 Å². The first-order valence-corrected chi connectivity index (χ1v) is 12.0. The van der Waals surface area contributed by atoms with Crippen molar-refractivity contribution in [1.82, 2.24) is 14.4 Å². The summed E-state index contributed by atoms with van der Waals surface area (Å²) in [7, 11) is 0. The Bertz CT molecular complexity index is 1060. The third kappa shape index (κ3) is 4.76. The molecule has 1 aromatic heterocycles. The molecule has 2 unspecified atom stereocenters. The van der Waals surface area contributed by atoms with E-state index in [0.29, 0.717) is 12.5 Å². The molecule has 3 heterocycles. The number of aromatic nitrogens is 1. The van der Waals surface area contributed by atoms with Gasteiger partial charge < -0.3 is 20.3 Å². The summed E-state index contributed by atoms with van der Waals surface area (Å²) in [5, 5.41) is 18.1. The minimum absolute atomic E-state index is 0.0661. The molecule has 0 saturated carbocycles. The van der Waals surface area contributed by atoms with Crippen molar-refractivity contribution in [3.8, 4) is 0 Å². The van der Waals surface area contributed by atoms with E-state index in [1.807, 2.05) is 28.0 Å². The summed E-state index contributed by atoms with van der Waals surface area (Å²) < 4.78 is 2.28. The number of amidine groups is 1. The maximum absolute atomic E-state index is 13.4. The predicted molar refractivity (Wildman–Crippen MR) is 128 cm³/mol. The Hall–Kier alpha value is -2.87. The summed E-state index contributed by atoms with van der Waals surface area (Å²) in [6.45, 7) is 6.50. The second-order valence-electron chi connectivity index (χ2n) is 9.61. The fraction of sp³-hybridized carbons (Fsp3) is 0.560. The summed E-state index contributed by atoms with van der Waals surface area (Å²) in [6.07, 6.45) is 4.35. The van der Waals surface area contributed by atoms with Crippen LogP contribution in [0.1, 0.15) is 50.8 Å². The number of nitrogens with one attached hydrogen (secondary N) is 1. The lowest BCUT2D eigenvalue weighted by atomic mass is 10.0. The molecule has 2 aliphatic heterocycles. The summed E-state index contributed by atoms with van der Waals surface area (Å²) in [5.74, 6) is -0.254. The van der Waals surface area contributed by atoms with Crippen molar-refractivity contribution in [2.24, 2.45) is 11.7 Å². The molecule has 1 amide bonds. The smallest absolute Gasteiger partial charge is 0.317 e. The second kappa shape index (κ2) is 9.55. The van der Waals surface area contributed by atoms with Gasteiger partial charge in [-0.15, -0.1) is 0 Å². The highest BCUT2D eigenvalue weighted by atomic mass is 16.4. The van der Waals surface area contributed by atoms with Gasteiger partial charge in [-0.3, -0.25) is 19.9 Å². The van der Waals surface area contributed by atoms with Crippen LogP contribution in [0.2, 0.25) is 0 Å². The first-order chi connectivity index (χ1) is 15.8. The van der Waals surface area contributed by atoms with E-state index in [4.69, 9.17) is 11.1 Å². The zero-order valence-electron chi connectivity index (χ0n) is 19.6. The number of hydrogen-bond donors (Lipinski definition) is 3. The first-order valence-electron chi connectivity index (χ1n) is 12.0. The highest BCUT2D eigenvalue weighted by molar-refractivity contribution is 5.98. The second-order valence-corrected chi connectivity index (χ2v) is 9.61. The molecule has 0 spiro atoms. The van der Waals surface area contributed by atoms with Crippen LogP contribution in [0.4, 0.5) is 0 Å². The highest BCUT2D eigenvalue weighted by Gasteiger charge is 2.40. The van der Waals surface area contributed by atoms with Crippen molar-refractivity contribution < 1.29 is 14.7 Å². The molecule has 4 rings (SSSR count). The Balaban J connectivity index is 1.50. The molecule has 2 aromatic rings. The number of hydrogen-bond acceptors (Lipinski definition) is 4. The lowest BCUT2D eigenvalue weighted by Gasteiger charge is -2.31. The quantitative estimate of drug-likeness (QED) is 0.420. The van der Waals surface area contributed by atoms with Crippen molar-refractivity contribution >= 4 is 28.6 Å². The van der Waals surface area contributed by atoms with Crippen LogP contribution in [0.3, 0.4) is 0 Å². The molecule has 3 atom stereocenters. The molecule has 0 radical (unpaired) electrons. The number of nitrogens with zero attached hydrogens (tertiary/aromatic N) is 3. The van der Waals surface area contributed by atoms with Gasteiger partial charge in [0, 0.05) is 35.9 Å². The average Bonchev–Trinajstić information content (AvgIpc) is 3.46. The van der Waals surface area contributed by atoms with Gasteiger partial charge >= 0.3 is 5.97 Å². The number of benzene rings is 1. The standard InChI is InChI=1S/C25H35N5O3/c1-3-29-20(12-17-6-7-18(24(26)27)13-22(17)29)9-8-19-11-16(2)14-30(19)25(33)21-5-4-10-28(21)15-23(31)32/h6-7,12-13,16,19,21H,3-5,8-11,14-15H2,1-2H3,(H3,26,27)(H,31,32)/t16?,19?,21-/m1/s1. The number of nitrogens with two attached hydrogens (primary N) is 1. The molecule has 2 aliphatic rings. The number of aryl methyl sites for hydroxylation is 2. The normalized spacial score (nSPS) is 23.5. The van der Waals surface area contributed by atoms with Gasteiger partial charge in [-0.25, -0.2) is 0 Å². The van der Waals surface area contributed by atoms with Gasteiger partial charge in [-0.2, -0.15) is 0 Å². The van der Waals surface area contributed by atoms with E-state index in [-0.39, 0.29) is 30.4 Å². The fourth-order valence-electron chi connectivity index (χ4n) is 5.73. The van der Waals surface area contributed by atoms with E-state index in [9.17, 15) is 14.7 Å². The van der Waals surface area contributed by atoms with Crippen molar-refractivity contribution in [2.75, 3.05) is 19.6 Å². The largest absolute Gasteiger partial charge is 0.480 e. The average molecular weight is 454 g/mol. The summed E-state index contributed by atoms with van der Waals surface area (Å²) in [5.41, 5.74) is 8.73. The monoisotopic (exact) mass is 453 g/mol. The van der Waals surface area contributed by atoms with Crippen LogP contribution >= 0.6 is 0 Å². The van der Waals surface area contributed by atoms with Crippen LogP contribution in [-0.2, 0) is 22.6 Å². The number of rotatable bonds is 8. The number of carbonyl (C=O) groups excluding carboxylic acids is 1. The Morgan fingerprint density at radius 1 is 1.27 bits per heavy atom. The number of carboxylic acid groups (broad SMARTS) is 1. The molecule has 2 saturated heterocycles. The number of nitrogen functional groups attached to an aromatic ring is 1. The number of likely N-dealkylation sites (tertiary alicyclic amines) is 2. The van der Waals surface area contributed by atoms with Gasteiger partial charge in [0.25, 0.3) is 0 Å². The zero-order valence-corrected chi connectivity index (χ0v) is 19.6. The topological polar surface area (TPSA) is 116 Å². The SMILES string of the molecule is CCn1c(CCC2CC(C)CN2C(=O)[C@H]2CCCN2CC(=O)O)cc2ccc(C(=N)N)cc21. The number of carbonyl (C=O) groups is 2. The Kier molecular flexibility index (Phi) is 6.74. The van der Waals surface area contributed by atoms with Crippen molar-refractivity contribution in [3.63, 3.8) is 0 Å². The van der Waals surface area contributed by atoms with Crippen LogP contribution in [0.5, 0.6) is 0 Å². The fourth-order valence-corrected chi connectivity index (χ4v) is 5.73. The van der Waals surface area contributed by atoms with Crippen LogP contribution in [0, 0.1) is 11.3 Å². The molecule has 1 aromatic carbocycles. The minimum atomic E-state index is -0.874. The molecular weight excluding hydrogens is 418 g/mol. The van der Waals surface area contributed by atoms with Crippen molar-refractivity contribution in [2.45, 2.75) is 64.6 Å². The van der Waals surface area contributed by atoms with Gasteiger partial charge in [-0.1, -0.05) is 19.1 Å². The third-order valence-corrected chi connectivity index (χ3v) is 7.24. The van der Waals surface area contributed by atoms with E-state index in [0.717, 1.165) is 61.7 Å². The molecule has 178 valence electrons. The van der Waals surface area contributed by atoms with Gasteiger partial charge in [0.05, 0.1) is 12.6 Å². The van der Waals surface area contributed by atoms with Crippen LogP contribution < -0.4 is 5.73 Å². The van der Waals surface area contributed by atoms with E-state index < -0.39 is 5.97 Å². The molecule has 8 heteroatoms. The van der Waals surface area contributed by atoms with Gasteiger partial charge in [0.1, 0.15) is 5.84 Å². The number of aliphatic carboxylic acids is 1. The maximum atomic E-state index is 13.4. The summed E-state index contributed by atoms with van der Waals surface area (Å²) in [4.78, 5) is 28.5. The number of amides is 1. The molecule has 0 aliphatic carbocycles. The highest BCUT2D eigenvalue weighted by Crippen LogP contribution is 2.31. The van der Waals surface area contributed by atoms with Crippen LogP contribution in [0.25, 0.3) is 10.9 Å². The molecule has 2 fully saturated rings. The summed E-state index contributed by atoms with van der Waals surface area (Å²) in [6, 6.07) is 7.97. The Labute approximate surface area is 194 Å². The van der Waals surface area contributed by atoms with Crippen LogP contribution in [0.15, 0.2) is 24.3 Å². The van der Waals surface area contributed by atoms with E-state index >= 15 is 0 Å². The first kappa shape index (κ1) is 23.3. The van der Waals surface area contributed by atoms with E-state index in [1.54, 1.807) is 0 Å². The van der Waals surface area contributed by atoms with Gasteiger partial charge in [0.15, 0.2) is 0 Å². The Morgan fingerprint density at radius 3 is 2.76 bits per heavy atom. The number of fused-ring (bicyclic) bond motifs is 1. The lowest BCUT2D eigenvalue weighted by molar-refractivity contribution is -0.141. The third-order valence-electron chi connectivity index (χ3n) is 7.24. The molecule has 33 heavy (non-hydrogen) atoms. The maximum Gasteiger partial charge on any atom is 0.317 e.